The highest BCUT2D eigenvalue weighted by atomic mass is 15.1. The van der Waals surface area contributed by atoms with Crippen LogP contribution in [0, 0.1) is 11.8 Å². The lowest BCUT2D eigenvalue weighted by Gasteiger charge is -2.41. The van der Waals surface area contributed by atoms with Gasteiger partial charge in [-0.3, -0.25) is 0 Å². The molecule has 0 spiro atoms. The highest BCUT2D eigenvalue weighted by Crippen LogP contribution is 2.31. The normalized spacial score (nSPS) is 33.5. The van der Waals surface area contributed by atoms with Crippen molar-refractivity contribution >= 4 is 0 Å². The SMILES string of the molecule is CNC1(CCN2CC(C)CC(C)C2)CCCCC1. The molecular weight excluding hydrogens is 220 g/mol. The predicted molar refractivity (Wildman–Crippen MR) is 78.9 cm³/mol. The van der Waals surface area contributed by atoms with Gasteiger partial charge in [-0.1, -0.05) is 33.1 Å². The smallest absolute Gasteiger partial charge is 0.0190 e. The molecule has 2 atom stereocenters. The van der Waals surface area contributed by atoms with E-state index >= 15 is 0 Å². The quantitative estimate of drug-likeness (QED) is 0.826. The summed E-state index contributed by atoms with van der Waals surface area (Å²) >= 11 is 0. The number of hydrogen-bond acceptors (Lipinski definition) is 2. The zero-order valence-electron chi connectivity index (χ0n) is 12.7. The van der Waals surface area contributed by atoms with Crippen molar-refractivity contribution in [1.29, 1.82) is 0 Å². The summed E-state index contributed by atoms with van der Waals surface area (Å²) in [5.74, 6) is 1.79. The van der Waals surface area contributed by atoms with Gasteiger partial charge in [0.2, 0.25) is 0 Å². The fourth-order valence-corrected chi connectivity index (χ4v) is 4.20. The minimum absolute atomic E-state index is 0.460. The summed E-state index contributed by atoms with van der Waals surface area (Å²) in [6, 6.07) is 0. The molecule has 2 nitrogen and oxygen atoms in total. The second kappa shape index (κ2) is 6.38. The van der Waals surface area contributed by atoms with E-state index in [1.807, 2.05) is 0 Å². The number of piperidine rings is 1. The number of hydrogen-bond donors (Lipinski definition) is 1. The average molecular weight is 252 g/mol. The molecule has 2 heteroatoms. The maximum absolute atomic E-state index is 3.65. The molecule has 1 aliphatic carbocycles. The molecule has 0 amide bonds. The molecule has 1 saturated carbocycles. The molecular formula is C16H32N2. The van der Waals surface area contributed by atoms with Crippen LogP contribution in [0.2, 0.25) is 0 Å². The van der Waals surface area contributed by atoms with Gasteiger partial charge in [-0.25, -0.2) is 0 Å². The zero-order chi connectivity index (χ0) is 13.0. The highest BCUT2D eigenvalue weighted by Gasteiger charge is 2.31. The molecule has 0 aromatic carbocycles. The van der Waals surface area contributed by atoms with Crippen LogP contribution in [0.5, 0.6) is 0 Å². The predicted octanol–water partition coefficient (Wildman–Crippen LogP) is 3.28. The van der Waals surface area contributed by atoms with Crippen molar-refractivity contribution in [3.63, 3.8) is 0 Å². The minimum atomic E-state index is 0.460. The van der Waals surface area contributed by atoms with Crippen LogP contribution in [0.3, 0.4) is 0 Å². The van der Waals surface area contributed by atoms with Crippen molar-refractivity contribution in [1.82, 2.24) is 10.2 Å². The summed E-state index contributed by atoms with van der Waals surface area (Å²) in [4.78, 5) is 2.71. The van der Waals surface area contributed by atoms with Crippen LogP contribution in [-0.2, 0) is 0 Å². The largest absolute Gasteiger partial charge is 0.314 e. The Labute approximate surface area is 114 Å². The first-order valence-electron chi connectivity index (χ1n) is 8.05. The number of nitrogens with zero attached hydrogens (tertiary/aromatic N) is 1. The lowest BCUT2D eigenvalue weighted by Crippen LogP contribution is -2.48. The van der Waals surface area contributed by atoms with E-state index in [1.54, 1.807) is 0 Å². The van der Waals surface area contributed by atoms with Crippen molar-refractivity contribution in [2.75, 3.05) is 26.7 Å². The first-order valence-corrected chi connectivity index (χ1v) is 8.05. The third kappa shape index (κ3) is 3.71. The average Bonchev–Trinajstić information content (AvgIpc) is 2.36. The molecule has 0 bridgehead atoms. The van der Waals surface area contributed by atoms with Gasteiger partial charge < -0.3 is 10.2 Å². The molecule has 1 saturated heterocycles. The van der Waals surface area contributed by atoms with E-state index in [4.69, 9.17) is 0 Å². The summed E-state index contributed by atoms with van der Waals surface area (Å²) in [5, 5.41) is 3.65. The Morgan fingerprint density at radius 2 is 1.67 bits per heavy atom. The van der Waals surface area contributed by atoms with E-state index in [2.05, 4.69) is 31.1 Å². The van der Waals surface area contributed by atoms with Gasteiger partial charge in [0.1, 0.15) is 0 Å². The maximum atomic E-state index is 3.65. The number of rotatable bonds is 4. The van der Waals surface area contributed by atoms with Gasteiger partial charge >= 0.3 is 0 Å². The van der Waals surface area contributed by atoms with Crippen LogP contribution in [0.25, 0.3) is 0 Å². The molecule has 2 aliphatic rings. The Bertz CT molecular complexity index is 235. The molecule has 106 valence electrons. The van der Waals surface area contributed by atoms with Crippen LogP contribution in [0.15, 0.2) is 0 Å². The third-order valence-corrected chi connectivity index (χ3v) is 5.19. The van der Waals surface area contributed by atoms with Crippen LogP contribution in [-0.4, -0.2) is 37.1 Å². The first kappa shape index (κ1) is 14.3. The molecule has 2 fully saturated rings. The Kier molecular flexibility index (Phi) is 5.08. The molecule has 0 radical (unpaired) electrons. The lowest BCUT2D eigenvalue weighted by atomic mass is 9.79. The van der Waals surface area contributed by atoms with Gasteiger partial charge in [0.15, 0.2) is 0 Å². The first-order chi connectivity index (χ1) is 8.63. The highest BCUT2D eigenvalue weighted by molar-refractivity contribution is 4.91. The van der Waals surface area contributed by atoms with Crippen LogP contribution < -0.4 is 5.32 Å². The van der Waals surface area contributed by atoms with Gasteiger partial charge in [-0.2, -0.15) is 0 Å². The summed E-state index contributed by atoms with van der Waals surface area (Å²) in [6.45, 7) is 8.78. The summed E-state index contributed by atoms with van der Waals surface area (Å²) in [5.41, 5.74) is 0.460. The van der Waals surface area contributed by atoms with E-state index in [0.29, 0.717) is 5.54 Å². The summed E-state index contributed by atoms with van der Waals surface area (Å²) < 4.78 is 0. The van der Waals surface area contributed by atoms with Gasteiger partial charge in [-0.05, 0) is 51.1 Å². The molecule has 2 rings (SSSR count). The van der Waals surface area contributed by atoms with Gasteiger partial charge in [0, 0.05) is 18.6 Å². The van der Waals surface area contributed by atoms with Gasteiger partial charge in [-0.15, -0.1) is 0 Å². The minimum Gasteiger partial charge on any atom is -0.314 e. The Morgan fingerprint density at radius 3 is 2.22 bits per heavy atom. The molecule has 0 aromatic heterocycles. The Hall–Kier alpha value is -0.0800. The van der Waals surface area contributed by atoms with Crippen LogP contribution in [0.1, 0.15) is 58.8 Å². The van der Waals surface area contributed by atoms with Crippen molar-refractivity contribution in [3.8, 4) is 0 Å². The summed E-state index contributed by atoms with van der Waals surface area (Å²) in [7, 11) is 2.17. The van der Waals surface area contributed by atoms with E-state index in [0.717, 1.165) is 11.8 Å². The second-order valence-corrected chi connectivity index (χ2v) is 7.05. The zero-order valence-corrected chi connectivity index (χ0v) is 12.7. The standard InChI is InChI=1S/C16H32N2/c1-14-11-15(2)13-18(12-14)10-9-16(17-3)7-5-4-6-8-16/h14-15,17H,4-13H2,1-3H3. The Morgan fingerprint density at radius 1 is 1.06 bits per heavy atom. The van der Waals surface area contributed by atoms with E-state index < -0.39 is 0 Å². The monoisotopic (exact) mass is 252 g/mol. The lowest BCUT2D eigenvalue weighted by molar-refractivity contribution is 0.116. The molecule has 1 heterocycles. The van der Waals surface area contributed by atoms with Crippen molar-refractivity contribution in [2.45, 2.75) is 64.3 Å². The van der Waals surface area contributed by atoms with E-state index in [-0.39, 0.29) is 0 Å². The third-order valence-electron chi connectivity index (χ3n) is 5.19. The maximum Gasteiger partial charge on any atom is 0.0190 e. The second-order valence-electron chi connectivity index (χ2n) is 7.05. The molecule has 1 aliphatic heterocycles. The molecule has 18 heavy (non-hydrogen) atoms. The fraction of sp³-hybridized carbons (Fsp3) is 1.00. The van der Waals surface area contributed by atoms with Crippen molar-refractivity contribution < 1.29 is 0 Å². The van der Waals surface area contributed by atoms with Crippen LogP contribution >= 0.6 is 0 Å². The number of nitrogens with one attached hydrogen (secondary N) is 1. The molecule has 1 N–H and O–H groups in total. The van der Waals surface area contributed by atoms with Crippen LogP contribution in [0.4, 0.5) is 0 Å². The topological polar surface area (TPSA) is 15.3 Å². The van der Waals surface area contributed by atoms with Gasteiger partial charge in [0.25, 0.3) is 0 Å². The fourth-order valence-electron chi connectivity index (χ4n) is 4.20. The van der Waals surface area contributed by atoms with Crippen molar-refractivity contribution in [2.24, 2.45) is 11.8 Å². The molecule has 2 unspecified atom stereocenters. The van der Waals surface area contributed by atoms with E-state index in [9.17, 15) is 0 Å². The van der Waals surface area contributed by atoms with Crippen molar-refractivity contribution in [3.05, 3.63) is 0 Å². The van der Waals surface area contributed by atoms with E-state index in [1.165, 1.54) is 64.6 Å². The Balaban J connectivity index is 1.82. The summed E-state index contributed by atoms with van der Waals surface area (Å²) in [6.07, 6.45) is 9.85. The molecule has 0 aromatic rings. The van der Waals surface area contributed by atoms with Gasteiger partial charge in [0.05, 0.1) is 0 Å². The number of likely N-dealkylation sites (tertiary alicyclic amines) is 1.